The van der Waals surface area contributed by atoms with Gasteiger partial charge in [0.15, 0.2) is 0 Å². The van der Waals surface area contributed by atoms with E-state index in [-0.39, 0.29) is 0 Å². The van der Waals surface area contributed by atoms with E-state index < -0.39 is 0 Å². The Morgan fingerprint density at radius 1 is 1.09 bits per heavy atom. The summed E-state index contributed by atoms with van der Waals surface area (Å²) in [5.41, 5.74) is 0. The van der Waals surface area contributed by atoms with Crippen LogP contribution in [0.2, 0.25) is 0 Å². The van der Waals surface area contributed by atoms with Gasteiger partial charge in [0.1, 0.15) is 0 Å². The van der Waals surface area contributed by atoms with E-state index in [0.717, 1.165) is 17.8 Å². The van der Waals surface area contributed by atoms with Crippen molar-refractivity contribution in [3.63, 3.8) is 0 Å². The number of hydrogen-bond donors (Lipinski definition) is 1. The Bertz CT molecular complexity index is 130. The number of hydrogen-bond acceptors (Lipinski definition) is 1. The van der Waals surface area contributed by atoms with Gasteiger partial charge in [-0.25, -0.2) is 0 Å². The van der Waals surface area contributed by atoms with Gasteiger partial charge in [-0.2, -0.15) is 0 Å². The standard InChI is InChI=1S/C10H18O/c1-7-2-9-4-8(6-11)5-10(9)3-7/h7-11H,2-6H2,1H3. The lowest BCUT2D eigenvalue weighted by molar-refractivity contribution is 0.220. The van der Waals surface area contributed by atoms with Crippen molar-refractivity contribution in [2.45, 2.75) is 32.6 Å². The highest BCUT2D eigenvalue weighted by atomic mass is 16.3. The van der Waals surface area contributed by atoms with Crippen LogP contribution in [-0.2, 0) is 0 Å². The number of fused-ring (bicyclic) bond motifs is 1. The Kier molecular flexibility index (Phi) is 1.92. The molecule has 0 amide bonds. The van der Waals surface area contributed by atoms with Gasteiger partial charge in [0, 0.05) is 6.61 Å². The molecule has 1 N–H and O–H groups in total. The first-order valence-electron chi connectivity index (χ1n) is 4.90. The number of aliphatic hydroxyl groups is 1. The zero-order valence-electron chi connectivity index (χ0n) is 7.29. The fraction of sp³-hybridized carbons (Fsp3) is 1.00. The average Bonchev–Trinajstić information content (AvgIpc) is 2.43. The van der Waals surface area contributed by atoms with Gasteiger partial charge in [-0.15, -0.1) is 0 Å². The van der Waals surface area contributed by atoms with E-state index in [9.17, 15) is 0 Å². The van der Waals surface area contributed by atoms with Crippen molar-refractivity contribution >= 4 is 0 Å². The molecule has 0 spiro atoms. The third kappa shape index (κ3) is 1.31. The van der Waals surface area contributed by atoms with E-state index in [4.69, 9.17) is 5.11 Å². The van der Waals surface area contributed by atoms with Gasteiger partial charge in [0.05, 0.1) is 0 Å². The molecule has 0 aromatic carbocycles. The Morgan fingerprint density at radius 3 is 2.09 bits per heavy atom. The molecule has 0 radical (unpaired) electrons. The topological polar surface area (TPSA) is 20.2 Å². The minimum absolute atomic E-state index is 0.432. The number of rotatable bonds is 1. The first-order valence-corrected chi connectivity index (χ1v) is 4.90. The minimum Gasteiger partial charge on any atom is -0.396 e. The lowest BCUT2D eigenvalue weighted by Crippen LogP contribution is -2.02. The first-order chi connectivity index (χ1) is 5.29. The summed E-state index contributed by atoms with van der Waals surface area (Å²) in [5.74, 6) is 3.56. The highest BCUT2D eigenvalue weighted by Gasteiger charge is 2.39. The van der Waals surface area contributed by atoms with Crippen molar-refractivity contribution in [2.24, 2.45) is 23.7 Å². The van der Waals surface area contributed by atoms with Crippen LogP contribution in [-0.4, -0.2) is 11.7 Å². The molecule has 0 heterocycles. The van der Waals surface area contributed by atoms with Crippen molar-refractivity contribution in [3.8, 4) is 0 Å². The fourth-order valence-corrected chi connectivity index (χ4v) is 3.19. The summed E-state index contributed by atoms with van der Waals surface area (Å²) in [7, 11) is 0. The molecule has 2 atom stereocenters. The molecule has 0 bridgehead atoms. The second-order valence-corrected chi connectivity index (χ2v) is 4.62. The van der Waals surface area contributed by atoms with Crippen molar-refractivity contribution in [2.75, 3.05) is 6.61 Å². The largest absolute Gasteiger partial charge is 0.396 e. The molecule has 0 aromatic heterocycles. The normalized spacial score (nSPS) is 49.6. The number of aliphatic hydroxyl groups excluding tert-OH is 1. The Balaban J connectivity index is 1.93. The molecule has 11 heavy (non-hydrogen) atoms. The van der Waals surface area contributed by atoms with Crippen LogP contribution in [0.15, 0.2) is 0 Å². The van der Waals surface area contributed by atoms with Crippen LogP contribution in [0.3, 0.4) is 0 Å². The van der Waals surface area contributed by atoms with Gasteiger partial charge in [0.2, 0.25) is 0 Å². The molecule has 64 valence electrons. The molecular weight excluding hydrogens is 136 g/mol. The van der Waals surface area contributed by atoms with Crippen LogP contribution in [0.1, 0.15) is 32.6 Å². The molecule has 0 aromatic rings. The quantitative estimate of drug-likeness (QED) is 0.613. The summed E-state index contributed by atoms with van der Waals surface area (Å²) in [6.07, 6.45) is 5.49. The molecular formula is C10H18O. The van der Waals surface area contributed by atoms with E-state index >= 15 is 0 Å². The van der Waals surface area contributed by atoms with Gasteiger partial charge in [-0.1, -0.05) is 6.92 Å². The van der Waals surface area contributed by atoms with Crippen molar-refractivity contribution in [1.82, 2.24) is 0 Å². The van der Waals surface area contributed by atoms with Crippen LogP contribution in [0.25, 0.3) is 0 Å². The second-order valence-electron chi connectivity index (χ2n) is 4.62. The van der Waals surface area contributed by atoms with Gasteiger partial charge in [0.25, 0.3) is 0 Å². The second kappa shape index (κ2) is 2.78. The van der Waals surface area contributed by atoms with E-state index in [1.165, 1.54) is 25.7 Å². The highest BCUT2D eigenvalue weighted by molar-refractivity contribution is 4.89. The Hall–Kier alpha value is -0.0400. The molecule has 1 nitrogen and oxygen atoms in total. The summed E-state index contributed by atoms with van der Waals surface area (Å²) in [4.78, 5) is 0. The zero-order valence-corrected chi connectivity index (χ0v) is 7.29. The van der Waals surface area contributed by atoms with Crippen LogP contribution in [0.5, 0.6) is 0 Å². The third-order valence-electron chi connectivity index (χ3n) is 3.61. The lowest BCUT2D eigenvalue weighted by Gasteiger charge is -2.07. The van der Waals surface area contributed by atoms with Crippen LogP contribution in [0, 0.1) is 23.7 Å². The fourth-order valence-electron chi connectivity index (χ4n) is 3.19. The molecule has 0 saturated heterocycles. The van der Waals surface area contributed by atoms with Gasteiger partial charge in [-0.05, 0) is 49.4 Å². The van der Waals surface area contributed by atoms with Gasteiger partial charge >= 0.3 is 0 Å². The maximum absolute atomic E-state index is 8.99. The summed E-state index contributed by atoms with van der Waals surface area (Å²) in [5, 5.41) is 8.99. The van der Waals surface area contributed by atoms with Crippen LogP contribution in [0.4, 0.5) is 0 Å². The predicted octanol–water partition coefficient (Wildman–Crippen LogP) is 2.05. The van der Waals surface area contributed by atoms with Crippen molar-refractivity contribution < 1.29 is 5.11 Å². The maximum atomic E-state index is 8.99. The summed E-state index contributed by atoms with van der Waals surface area (Å²) >= 11 is 0. The molecule has 1 heteroatoms. The van der Waals surface area contributed by atoms with Gasteiger partial charge in [-0.3, -0.25) is 0 Å². The van der Waals surface area contributed by atoms with E-state index in [2.05, 4.69) is 6.92 Å². The summed E-state index contributed by atoms with van der Waals surface area (Å²) in [6.45, 7) is 2.80. The average molecular weight is 154 g/mol. The molecule has 2 aliphatic carbocycles. The molecule has 2 rings (SSSR count). The Morgan fingerprint density at radius 2 is 1.64 bits per heavy atom. The summed E-state index contributed by atoms with van der Waals surface area (Å²) in [6, 6.07) is 0. The molecule has 2 unspecified atom stereocenters. The smallest absolute Gasteiger partial charge is 0.0459 e. The molecule has 2 aliphatic rings. The van der Waals surface area contributed by atoms with Gasteiger partial charge < -0.3 is 5.11 Å². The van der Waals surface area contributed by atoms with Crippen molar-refractivity contribution in [3.05, 3.63) is 0 Å². The molecule has 0 aliphatic heterocycles. The molecule has 2 fully saturated rings. The van der Waals surface area contributed by atoms with E-state index in [1.807, 2.05) is 0 Å². The summed E-state index contributed by atoms with van der Waals surface area (Å²) < 4.78 is 0. The van der Waals surface area contributed by atoms with Crippen LogP contribution < -0.4 is 0 Å². The van der Waals surface area contributed by atoms with E-state index in [0.29, 0.717) is 12.5 Å². The SMILES string of the molecule is CC1CC2CC(CO)CC2C1. The monoisotopic (exact) mass is 154 g/mol. The maximum Gasteiger partial charge on any atom is 0.0459 e. The lowest BCUT2D eigenvalue weighted by atomic mass is 10.0. The van der Waals surface area contributed by atoms with Crippen molar-refractivity contribution in [1.29, 1.82) is 0 Å². The van der Waals surface area contributed by atoms with E-state index in [1.54, 1.807) is 0 Å². The Labute approximate surface area is 68.8 Å². The molecule has 2 saturated carbocycles. The minimum atomic E-state index is 0.432. The van der Waals surface area contributed by atoms with Crippen LogP contribution >= 0.6 is 0 Å². The zero-order chi connectivity index (χ0) is 7.84. The predicted molar refractivity (Wildman–Crippen MR) is 45.2 cm³/mol. The first kappa shape index (κ1) is 7.60. The highest BCUT2D eigenvalue weighted by Crippen LogP contribution is 2.48. The third-order valence-corrected chi connectivity index (χ3v) is 3.61.